The van der Waals surface area contributed by atoms with E-state index in [-0.39, 0.29) is 30.9 Å². The molecule has 0 aliphatic carbocycles. The fourth-order valence-electron chi connectivity index (χ4n) is 3.21. The molecule has 0 saturated carbocycles. The number of likely N-dealkylation sites (N-methyl/N-ethyl adjacent to an activating group) is 1. The molecule has 136 valence electrons. The molecule has 7 nitrogen and oxygen atoms in total. The van der Waals surface area contributed by atoms with Gasteiger partial charge in [0, 0.05) is 37.8 Å². The zero-order valence-corrected chi connectivity index (χ0v) is 14.8. The third-order valence-electron chi connectivity index (χ3n) is 4.79. The van der Waals surface area contributed by atoms with Crippen molar-refractivity contribution in [1.82, 2.24) is 10.2 Å². The molecule has 7 heteroatoms. The summed E-state index contributed by atoms with van der Waals surface area (Å²) in [6, 6.07) is 5.41. The van der Waals surface area contributed by atoms with E-state index in [0.717, 1.165) is 25.3 Å². The molecule has 2 aliphatic rings. The van der Waals surface area contributed by atoms with Crippen molar-refractivity contribution < 1.29 is 19.1 Å². The summed E-state index contributed by atoms with van der Waals surface area (Å²) < 4.78 is 10.7. The van der Waals surface area contributed by atoms with Gasteiger partial charge in [0.15, 0.2) is 11.5 Å². The number of nitrogens with one attached hydrogen (secondary N) is 1. The van der Waals surface area contributed by atoms with Crippen LogP contribution in [-0.4, -0.2) is 56.2 Å². The van der Waals surface area contributed by atoms with E-state index in [1.807, 2.05) is 6.07 Å². The van der Waals surface area contributed by atoms with Gasteiger partial charge in [0.25, 0.3) is 0 Å². The van der Waals surface area contributed by atoms with Gasteiger partial charge in [0.05, 0.1) is 5.92 Å². The molecule has 2 heterocycles. The van der Waals surface area contributed by atoms with Crippen molar-refractivity contribution in [3.63, 3.8) is 0 Å². The van der Waals surface area contributed by atoms with Gasteiger partial charge in [-0.1, -0.05) is 13.8 Å². The van der Waals surface area contributed by atoms with E-state index >= 15 is 0 Å². The van der Waals surface area contributed by atoms with E-state index < -0.39 is 0 Å². The second kappa shape index (κ2) is 7.74. The number of benzene rings is 1. The predicted octanol–water partition coefficient (Wildman–Crippen LogP) is 1.23. The maximum atomic E-state index is 12.4. The quantitative estimate of drug-likeness (QED) is 0.803. The second-order valence-electron chi connectivity index (χ2n) is 6.26. The summed E-state index contributed by atoms with van der Waals surface area (Å²) in [6.07, 6.45) is 0.242. The number of carbonyl (C=O) groups is 2. The molecular weight excluding hydrogens is 322 g/mol. The van der Waals surface area contributed by atoms with Crippen molar-refractivity contribution in [1.29, 1.82) is 0 Å². The van der Waals surface area contributed by atoms with Crippen molar-refractivity contribution in [2.24, 2.45) is 5.92 Å². The Morgan fingerprint density at radius 1 is 1.28 bits per heavy atom. The number of ether oxygens (including phenoxy) is 2. The summed E-state index contributed by atoms with van der Waals surface area (Å²) in [5.41, 5.74) is 0.743. The molecule has 2 aliphatic heterocycles. The van der Waals surface area contributed by atoms with Crippen LogP contribution in [0.25, 0.3) is 0 Å². The van der Waals surface area contributed by atoms with E-state index in [2.05, 4.69) is 24.1 Å². The van der Waals surface area contributed by atoms with Crippen LogP contribution in [0.4, 0.5) is 5.69 Å². The lowest BCUT2D eigenvalue weighted by Crippen LogP contribution is -2.38. The minimum absolute atomic E-state index is 0.0391. The number of rotatable bonds is 7. The summed E-state index contributed by atoms with van der Waals surface area (Å²) in [5.74, 6) is 0.916. The zero-order chi connectivity index (χ0) is 17.8. The average Bonchev–Trinajstić information content (AvgIpc) is 3.24. The number of nitrogens with zero attached hydrogens (tertiary/aromatic N) is 2. The summed E-state index contributed by atoms with van der Waals surface area (Å²) in [6.45, 7) is 8.16. The molecule has 0 radical (unpaired) electrons. The van der Waals surface area contributed by atoms with Gasteiger partial charge in [-0.25, -0.2) is 0 Å². The Balaban J connectivity index is 1.56. The Kier molecular flexibility index (Phi) is 5.43. The molecule has 0 aromatic heterocycles. The molecule has 1 aromatic rings. The molecule has 1 N–H and O–H groups in total. The normalized spacial score (nSPS) is 18.9. The highest BCUT2D eigenvalue weighted by Gasteiger charge is 2.35. The van der Waals surface area contributed by atoms with Gasteiger partial charge in [-0.3, -0.25) is 9.59 Å². The smallest absolute Gasteiger partial charge is 0.231 e. The third-order valence-corrected chi connectivity index (χ3v) is 4.79. The summed E-state index contributed by atoms with van der Waals surface area (Å²) in [7, 11) is 0. The van der Waals surface area contributed by atoms with Crippen LogP contribution >= 0.6 is 0 Å². The first-order valence-corrected chi connectivity index (χ1v) is 8.82. The highest BCUT2D eigenvalue weighted by molar-refractivity contribution is 6.00. The SMILES string of the molecule is CCN(CC)CCNC(=O)[C@H]1CC(=O)N(c2ccc3c(c2)OCO3)C1. The Morgan fingerprint density at radius 2 is 2.04 bits per heavy atom. The highest BCUT2D eigenvalue weighted by atomic mass is 16.7. The number of hydrogen-bond donors (Lipinski definition) is 1. The molecular formula is C18H25N3O4. The summed E-state index contributed by atoms with van der Waals surface area (Å²) >= 11 is 0. The standard InChI is InChI=1S/C18H25N3O4/c1-3-20(4-2)8-7-19-18(23)13-9-17(22)21(11-13)14-5-6-15-16(10-14)25-12-24-15/h5-6,10,13H,3-4,7-9,11-12H2,1-2H3,(H,19,23)/t13-/m0/s1. The molecule has 0 spiro atoms. The van der Waals surface area contributed by atoms with Gasteiger partial charge in [-0.15, -0.1) is 0 Å². The fourth-order valence-corrected chi connectivity index (χ4v) is 3.21. The highest BCUT2D eigenvalue weighted by Crippen LogP contribution is 2.37. The number of carbonyl (C=O) groups excluding carboxylic acids is 2. The minimum Gasteiger partial charge on any atom is -0.454 e. The largest absolute Gasteiger partial charge is 0.454 e. The molecule has 1 aromatic carbocycles. The topological polar surface area (TPSA) is 71.1 Å². The van der Waals surface area contributed by atoms with Crippen LogP contribution in [-0.2, 0) is 9.59 Å². The number of hydrogen-bond acceptors (Lipinski definition) is 5. The van der Waals surface area contributed by atoms with Crippen LogP contribution in [0, 0.1) is 5.92 Å². The van der Waals surface area contributed by atoms with E-state index in [1.165, 1.54) is 0 Å². The third kappa shape index (κ3) is 3.87. The summed E-state index contributed by atoms with van der Waals surface area (Å²) in [4.78, 5) is 28.6. The maximum absolute atomic E-state index is 12.4. The molecule has 1 atom stereocenters. The van der Waals surface area contributed by atoms with Gasteiger partial charge in [-0.05, 0) is 25.2 Å². The molecule has 2 amide bonds. The van der Waals surface area contributed by atoms with Crippen LogP contribution in [0.5, 0.6) is 11.5 Å². The van der Waals surface area contributed by atoms with Crippen LogP contribution in [0.15, 0.2) is 18.2 Å². The van der Waals surface area contributed by atoms with Gasteiger partial charge in [0.1, 0.15) is 0 Å². The van der Waals surface area contributed by atoms with Gasteiger partial charge in [-0.2, -0.15) is 0 Å². The van der Waals surface area contributed by atoms with Crippen molar-refractivity contribution in [2.45, 2.75) is 20.3 Å². The molecule has 0 bridgehead atoms. The minimum atomic E-state index is -0.311. The van der Waals surface area contributed by atoms with Gasteiger partial charge >= 0.3 is 0 Å². The Morgan fingerprint density at radius 3 is 2.80 bits per heavy atom. The lowest BCUT2D eigenvalue weighted by Gasteiger charge is -2.19. The zero-order valence-electron chi connectivity index (χ0n) is 14.8. The fraction of sp³-hybridized carbons (Fsp3) is 0.556. The Labute approximate surface area is 147 Å². The average molecular weight is 347 g/mol. The van der Waals surface area contributed by atoms with Crippen LogP contribution in [0.3, 0.4) is 0 Å². The van der Waals surface area contributed by atoms with E-state index in [1.54, 1.807) is 17.0 Å². The van der Waals surface area contributed by atoms with Crippen LogP contribution < -0.4 is 19.7 Å². The molecule has 25 heavy (non-hydrogen) atoms. The first-order chi connectivity index (χ1) is 12.1. The molecule has 0 unspecified atom stereocenters. The van der Waals surface area contributed by atoms with E-state index in [4.69, 9.17) is 9.47 Å². The molecule has 3 rings (SSSR count). The second-order valence-corrected chi connectivity index (χ2v) is 6.26. The monoisotopic (exact) mass is 347 g/mol. The summed E-state index contributed by atoms with van der Waals surface area (Å²) in [5, 5.41) is 2.95. The maximum Gasteiger partial charge on any atom is 0.231 e. The number of fused-ring (bicyclic) bond motifs is 1. The van der Waals surface area contributed by atoms with Gasteiger partial charge in [0.2, 0.25) is 18.6 Å². The van der Waals surface area contributed by atoms with E-state index in [9.17, 15) is 9.59 Å². The van der Waals surface area contributed by atoms with Crippen LogP contribution in [0.2, 0.25) is 0 Å². The molecule has 1 saturated heterocycles. The predicted molar refractivity (Wildman–Crippen MR) is 93.8 cm³/mol. The number of anilines is 1. The van der Waals surface area contributed by atoms with Crippen molar-refractivity contribution >= 4 is 17.5 Å². The lowest BCUT2D eigenvalue weighted by molar-refractivity contribution is -0.126. The first kappa shape index (κ1) is 17.5. The van der Waals surface area contributed by atoms with Crippen molar-refractivity contribution in [3.8, 4) is 11.5 Å². The Hall–Kier alpha value is -2.28. The number of amides is 2. The lowest BCUT2D eigenvalue weighted by atomic mass is 10.1. The van der Waals surface area contributed by atoms with Gasteiger partial charge < -0.3 is 24.6 Å². The molecule has 1 fully saturated rings. The van der Waals surface area contributed by atoms with Crippen LogP contribution in [0.1, 0.15) is 20.3 Å². The first-order valence-electron chi connectivity index (χ1n) is 8.82. The van der Waals surface area contributed by atoms with Crippen molar-refractivity contribution in [3.05, 3.63) is 18.2 Å². The Bertz CT molecular complexity index is 645. The van der Waals surface area contributed by atoms with Crippen molar-refractivity contribution in [2.75, 3.05) is 44.4 Å². The van der Waals surface area contributed by atoms with E-state index in [0.29, 0.717) is 24.6 Å².